The summed E-state index contributed by atoms with van der Waals surface area (Å²) in [6.07, 6.45) is -2.43. The molecule has 0 saturated carbocycles. The molecule has 0 atom stereocenters. The molecule has 2 N–H and O–H groups in total. The Balaban J connectivity index is 1.93. The number of sulfone groups is 1. The lowest BCUT2D eigenvalue weighted by molar-refractivity contribution is -0.123. The van der Waals surface area contributed by atoms with Gasteiger partial charge in [0.2, 0.25) is 0 Å². The monoisotopic (exact) mass is 555 g/mol. The molecule has 0 saturated heterocycles. The highest BCUT2D eigenvalue weighted by atomic mass is 32.2. The van der Waals surface area contributed by atoms with Gasteiger partial charge < -0.3 is 19.6 Å². The van der Waals surface area contributed by atoms with E-state index in [-0.39, 0.29) is 44.1 Å². The molecule has 0 fully saturated rings. The van der Waals surface area contributed by atoms with E-state index in [9.17, 15) is 40.0 Å². The number of hydrogen-bond acceptors (Lipinski definition) is 5. The maximum absolute atomic E-state index is 14.3. The summed E-state index contributed by atoms with van der Waals surface area (Å²) in [6, 6.07) is 7.31. The Kier molecular flexibility index (Phi) is 6.78. The van der Waals surface area contributed by atoms with E-state index >= 15 is 0 Å². The normalized spacial score (nSPS) is 12.1. The topological polar surface area (TPSA) is 110 Å². The molecule has 2 heterocycles. The van der Waals surface area contributed by atoms with Crippen molar-refractivity contribution in [2.24, 2.45) is 7.05 Å². The molecule has 0 radical (unpaired) electrons. The second kappa shape index (κ2) is 9.59. The van der Waals surface area contributed by atoms with Gasteiger partial charge in [0.05, 0.1) is 4.90 Å². The standard InChI is InChI=1S/C24H18F5N3O5S/c1-32-10-16(15-9-18(31-21(15)23(32)34)22(33)30-11-24(27,28)29)14-8-13(38(2,35)36)4-6-19(14)37-20-5-3-12(25)7-17(20)26/h3-10,31H,11H2,1-2H3,(H,30,33). The van der Waals surface area contributed by atoms with Crippen LogP contribution in [0.1, 0.15) is 10.5 Å². The quantitative estimate of drug-likeness (QED) is 0.345. The molecular formula is C24H18F5N3O5S. The number of H-pyrrole nitrogens is 1. The van der Waals surface area contributed by atoms with Crippen LogP contribution in [-0.2, 0) is 16.9 Å². The number of benzene rings is 2. The van der Waals surface area contributed by atoms with Crippen LogP contribution in [0.2, 0.25) is 0 Å². The van der Waals surface area contributed by atoms with Crippen molar-refractivity contribution >= 4 is 26.6 Å². The SMILES string of the molecule is Cn1cc(-c2cc(S(C)(=O)=O)ccc2Oc2ccc(F)cc2F)c2cc(C(=O)NCC(F)(F)F)[nH]c2c1=O. The van der Waals surface area contributed by atoms with E-state index < -0.39 is 45.7 Å². The zero-order valence-electron chi connectivity index (χ0n) is 19.6. The van der Waals surface area contributed by atoms with Crippen molar-refractivity contribution in [3.05, 3.63) is 76.3 Å². The van der Waals surface area contributed by atoms with E-state index in [1.807, 2.05) is 0 Å². The summed E-state index contributed by atoms with van der Waals surface area (Å²) >= 11 is 0. The van der Waals surface area contributed by atoms with Crippen LogP contribution in [0.3, 0.4) is 0 Å². The summed E-state index contributed by atoms with van der Waals surface area (Å²) in [5.41, 5.74) is -0.981. The predicted molar refractivity (Wildman–Crippen MR) is 127 cm³/mol. The van der Waals surface area contributed by atoms with Crippen LogP contribution >= 0.6 is 0 Å². The number of carbonyl (C=O) groups is 1. The van der Waals surface area contributed by atoms with Gasteiger partial charge in [0.1, 0.15) is 29.3 Å². The number of alkyl halides is 3. The largest absolute Gasteiger partial charge is 0.454 e. The summed E-state index contributed by atoms with van der Waals surface area (Å²) < 4.78 is 96.6. The number of hydrogen-bond donors (Lipinski definition) is 2. The molecular weight excluding hydrogens is 537 g/mol. The van der Waals surface area contributed by atoms with Gasteiger partial charge in [-0.25, -0.2) is 17.2 Å². The van der Waals surface area contributed by atoms with Crippen molar-refractivity contribution in [1.82, 2.24) is 14.9 Å². The van der Waals surface area contributed by atoms with Gasteiger partial charge in [-0.1, -0.05) is 0 Å². The Hall–Kier alpha value is -4.20. The summed E-state index contributed by atoms with van der Waals surface area (Å²) in [7, 11) is -2.41. The van der Waals surface area contributed by atoms with E-state index in [4.69, 9.17) is 4.74 Å². The predicted octanol–water partition coefficient (Wildman–Crippen LogP) is 4.30. The highest BCUT2D eigenvalue weighted by Gasteiger charge is 2.28. The van der Waals surface area contributed by atoms with Gasteiger partial charge >= 0.3 is 6.18 Å². The fourth-order valence-corrected chi connectivity index (χ4v) is 4.31. The molecule has 0 bridgehead atoms. The molecule has 0 spiro atoms. The Morgan fingerprint density at radius 3 is 2.37 bits per heavy atom. The second-order valence-corrected chi connectivity index (χ2v) is 10.4. The minimum absolute atomic E-state index is 0.0403. The number of carbonyl (C=O) groups excluding carboxylic acids is 1. The molecule has 0 aliphatic rings. The summed E-state index contributed by atoms with van der Waals surface area (Å²) in [5, 5.41) is 1.75. The van der Waals surface area contributed by atoms with E-state index in [1.165, 1.54) is 31.4 Å². The minimum Gasteiger partial charge on any atom is -0.454 e. The number of nitrogens with one attached hydrogen (secondary N) is 2. The summed E-state index contributed by atoms with van der Waals surface area (Å²) in [4.78, 5) is 27.4. The fraction of sp³-hybridized carbons (Fsp3) is 0.167. The van der Waals surface area contributed by atoms with Crippen molar-refractivity contribution in [2.75, 3.05) is 12.8 Å². The zero-order valence-corrected chi connectivity index (χ0v) is 20.4. The summed E-state index contributed by atoms with van der Waals surface area (Å²) in [5.74, 6) is -3.51. The molecule has 4 aromatic rings. The van der Waals surface area contributed by atoms with Crippen LogP contribution in [0.5, 0.6) is 11.5 Å². The smallest absolute Gasteiger partial charge is 0.405 e. The van der Waals surface area contributed by atoms with E-state index in [0.29, 0.717) is 6.07 Å². The summed E-state index contributed by atoms with van der Waals surface area (Å²) in [6.45, 7) is -1.61. The van der Waals surface area contributed by atoms with Gasteiger partial charge in [-0.05, 0) is 36.4 Å². The first-order chi connectivity index (χ1) is 17.6. The number of aromatic nitrogens is 2. The van der Waals surface area contributed by atoms with Crippen LogP contribution in [0.25, 0.3) is 22.0 Å². The number of ether oxygens (including phenoxy) is 1. The van der Waals surface area contributed by atoms with Crippen molar-refractivity contribution in [3.63, 3.8) is 0 Å². The number of nitrogens with zero attached hydrogens (tertiary/aromatic N) is 1. The third-order valence-electron chi connectivity index (χ3n) is 5.44. The van der Waals surface area contributed by atoms with Crippen LogP contribution in [0, 0.1) is 11.6 Å². The molecule has 2 aromatic heterocycles. The lowest BCUT2D eigenvalue weighted by atomic mass is 10.0. The molecule has 2 aromatic carbocycles. The average Bonchev–Trinajstić information content (AvgIpc) is 3.27. The van der Waals surface area contributed by atoms with E-state index in [2.05, 4.69) is 4.98 Å². The first kappa shape index (κ1) is 26.9. The number of halogens is 5. The van der Waals surface area contributed by atoms with Crippen molar-refractivity contribution in [1.29, 1.82) is 0 Å². The molecule has 14 heteroatoms. The third kappa shape index (κ3) is 5.54. The Morgan fingerprint density at radius 1 is 1.05 bits per heavy atom. The van der Waals surface area contributed by atoms with Gasteiger partial charge in [0, 0.05) is 42.1 Å². The van der Waals surface area contributed by atoms with Gasteiger partial charge in [-0.2, -0.15) is 13.2 Å². The average molecular weight is 555 g/mol. The molecule has 1 amide bonds. The minimum atomic E-state index is -4.67. The maximum atomic E-state index is 14.3. The second-order valence-electron chi connectivity index (χ2n) is 8.34. The van der Waals surface area contributed by atoms with Gasteiger partial charge in [0.25, 0.3) is 11.5 Å². The van der Waals surface area contributed by atoms with Gasteiger partial charge in [-0.15, -0.1) is 0 Å². The first-order valence-electron chi connectivity index (χ1n) is 10.7. The molecule has 200 valence electrons. The lowest BCUT2D eigenvalue weighted by Gasteiger charge is -2.15. The number of fused-ring (bicyclic) bond motifs is 1. The van der Waals surface area contributed by atoms with Crippen LogP contribution in [-0.4, -0.2) is 42.9 Å². The third-order valence-corrected chi connectivity index (χ3v) is 6.55. The number of aromatic amines is 1. The first-order valence-corrected chi connectivity index (χ1v) is 12.6. The van der Waals surface area contributed by atoms with Crippen LogP contribution in [0.15, 0.2) is 58.4 Å². The number of aryl methyl sites for hydroxylation is 1. The van der Waals surface area contributed by atoms with Crippen molar-refractivity contribution in [3.8, 4) is 22.6 Å². The number of pyridine rings is 1. The van der Waals surface area contributed by atoms with Gasteiger partial charge in [-0.3, -0.25) is 9.59 Å². The van der Waals surface area contributed by atoms with E-state index in [1.54, 1.807) is 5.32 Å². The molecule has 0 unspecified atom stereocenters. The Bertz CT molecular complexity index is 1740. The van der Waals surface area contributed by atoms with Crippen LogP contribution in [0.4, 0.5) is 22.0 Å². The van der Waals surface area contributed by atoms with Crippen molar-refractivity contribution < 1.29 is 39.9 Å². The highest BCUT2D eigenvalue weighted by molar-refractivity contribution is 7.90. The molecule has 4 rings (SSSR count). The lowest BCUT2D eigenvalue weighted by Crippen LogP contribution is -2.33. The fourth-order valence-electron chi connectivity index (χ4n) is 3.66. The van der Waals surface area contributed by atoms with E-state index in [0.717, 1.165) is 29.0 Å². The van der Waals surface area contributed by atoms with Gasteiger partial charge in [0.15, 0.2) is 21.4 Å². The Morgan fingerprint density at radius 2 is 1.74 bits per heavy atom. The Labute approximate surface area is 211 Å². The maximum Gasteiger partial charge on any atom is 0.405 e. The molecule has 0 aliphatic heterocycles. The zero-order chi connectivity index (χ0) is 28.0. The van der Waals surface area contributed by atoms with Crippen LogP contribution < -0.4 is 15.6 Å². The molecule has 8 nitrogen and oxygen atoms in total. The number of rotatable bonds is 6. The van der Waals surface area contributed by atoms with Crippen molar-refractivity contribution in [2.45, 2.75) is 11.1 Å². The highest BCUT2D eigenvalue weighted by Crippen LogP contribution is 2.39. The number of amides is 1. The molecule has 38 heavy (non-hydrogen) atoms. The molecule has 0 aliphatic carbocycles.